The molecular formula is C15H25ClN2O. The molecular weight excluding hydrogens is 260 g/mol. The molecule has 0 aromatic heterocycles. The Kier molecular flexibility index (Phi) is 7.21. The number of hydrogen-bond donors (Lipinski definition) is 2. The first-order valence-electron chi connectivity index (χ1n) is 6.93. The van der Waals surface area contributed by atoms with Crippen LogP contribution in [0.2, 0.25) is 5.02 Å². The van der Waals surface area contributed by atoms with Crippen molar-refractivity contribution in [3.63, 3.8) is 0 Å². The van der Waals surface area contributed by atoms with E-state index >= 15 is 0 Å². The van der Waals surface area contributed by atoms with Crippen LogP contribution in [0, 0.1) is 5.92 Å². The summed E-state index contributed by atoms with van der Waals surface area (Å²) in [5.41, 5.74) is 2.18. The zero-order chi connectivity index (χ0) is 14.3. The minimum absolute atomic E-state index is 0.141. The first-order valence-corrected chi connectivity index (χ1v) is 7.31. The molecule has 0 aliphatic rings. The summed E-state index contributed by atoms with van der Waals surface area (Å²) in [7, 11) is 0. The van der Waals surface area contributed by atoms with Gasteiger partial charge in [0.25, 0.3) is 0 Å². The highest BCUT2D eigenvalue weighted by atomic mass is 35.5. The Bertz CT molecular complexity index is 382. The second-order valence-corrected chi connectivity index (χ2v) is 5.52. The third-order valence-electron chi connectivity index (χ3n) is 2.99. The average Bonchev–Trinajstić information content (AvgIpc) is 2.36. The standard InChI is InChI=1S/C15H25ClN2O/c1-4-18(7-8-19)15-6-5-13(9-14(15)16)11-17-10-12(2)3/h5-6,9,12,17,19H,4,7-8,10-11H2,1-3H3. The number of anilines is 1. The van der Waals surface area contributed by atoms with E-state index in [1.807, 2.05) is 12.1 Å². The predicted molar refractivity (Wildman–Crippen MR) is 83.0 cm³/mol. The van der Waals surface area contributed by atoms with Crippen LogP contribution in [0.3, 0.4) is 0 Å². The first-order chi connectivity index (χ1) is 9.08. The lowest BCUT2D eigenvalue weighted by molar-refractivity contribution is 0.302. The monoisotopic (exact) mass is 284 g/mol. The van der Waals surface area contributed by atoms with Crippen LogP contribution in [0.4, 0.5) is 5.69 Å². The Hall–Kier alpha value is -0.770. The van der Waals surface area contributed by atoms with Crippen molar-refractivity contribution in [1.29, 1.82) is 0 Å². The molecule has 0 aliphatic carbocycles. The van der Waals surface area contributed by atoms with Gasteiger partial charge in [0, 0.05) is 19.6 Å². The largest absolute Gasteiger partial charge is 0.395 e. The molecule has 1 aromatic rings. The van der Waals surface area contributed by atoms with Crippen LogP contribution >= 0.6 is 11.6 Å². The van der Waals surface area contributed by atoms with Crippen molar-refractivity contribution < 1.29 is 5.11 Å². The van der Waals surface area contributed by atoms with Gasteiger partial charge in [0.15, 0.2) is 0 Å². The van der Waals surface area contributed by atoms with Gasteiger partial charge in [-0.1, -0.05) is 31.5 Å². The third-order valence-corrected chi connectivity index (χ3v) is 3.29. The molecule has 19 heavy (non-hydrogen) atoms. The quantitative estimate of drug-likeness (QED) is 0.770. The fraction of sp³-hybridized carbons (Fsp3) is 0.600. The minimum Gasteiger partial charge on any atom is -0.395 e. The molecule has 0 radical (unpaired) electrons. The molecule has 1 rings (SSSR count). The highest BCUT2D eigenvalue weighted by Gasteiger charge is 2.08. The van der Waals surface area contributed by atoms with Gasteiger partial charge < -0.3 is 15.3 Å². The fourth-order valence-electron chi connectivity index (χ4n) is 1.99. The normalized spacial score (nSPS) is 11.1. The van der Waals surface area contributed by atoms with E-state index in [4.69, 9.17) is 16.7 Å². The van der Waals surface area contributed by atoms with Crippen molar-refractivity contribution in [1.82, 2.24) is 5.32 Å². The van der Waals surface area contributed by atoms with Crippen molar-refractivity contribution in [3.05, 3.63) is 28.8 Å². The maximum absolute atomic E-state index is 9.05. The van der Waals surface area contributed by atoms with E-state index in [9.17, 15) is 0 Å². The summed E-state index contributed by atoms with van der Waals surface area (Å²) < 4.78 is 0. The van der Waals surface area contributed by atoms with Crippen LogP contribution in [0.5, 0.6) is 0 Å². The van der Waals surface area contributed by atoms with Gasteiger partial charge in [-0.05, 0) is 37.1 Å². The SMILES string of the molecule is CCN(CCO)c1ccc(CNCC(C)C)cc1Cl. The summed E-state index contributed by atoms with van der Waals surface area (Å²) in [6, 6.07) is 6.13. The van der Waals surface area contributed by atoms with E-state index < -0.39 is 0 Å². The summed E-state index contributed by atoms with van der Waals surface area (Å²) in [6.07, 6.45) is 0. The smallest absolute Gasteiger partial charge is 0.0642 e. The number of nitrogens with one attached hydrogen (secondary N) is 1. The van der Waals surface area contributed by atoms with Gasteiger partial charge in [0.1, 0.15) is 0 Å². The molecule has 0 saturated carbocycles. The number of benzene rings is 1. The number of nitrogens with zero attached hydrogens (tertiary/aromatic N) is 1. The molecule has 4 heteroatoms. The molecule has 0 atom stereocenters. The molecule has 3 nitrogen and oxygen atoms in total. The Labute approximate surface area is 121 Å². The summed E-state index contributed by atoms with van der Waals surface area (Å²) in [5, 5.41) is 13.2. The van der Waals surface area contributed by atoms with Crippen LogP contribution in [-0.4, -0.2) is 31.3 Å². The van der Waals surface area contributed by atoms with E-state index in [2.05, 4.69) is 37.1 Å². The molecule has 0 saturated heterocycles. The van der Waals surface area contributed by atoms with Crippen LogP contribution < -0.4 is 10.2 Å². The second kappa shape index (κ2) is 8.41. The molecule has 0 fully saturated rings. The molecule has 0 unspecified atom stereocenters. The highest BCUT2D eigenvalue weighted by molar-refractivity contribution is 6.33. The van der Waals surface area contributed by atoms with E-state index in [0.717, 1.165) is 30.3 Å². The van der Waals surface area contributed by atoms with Crippen LogP contribution in [0.25, 0.3) is 0 Å². The van der Waals surface area contributed by atoms with Gasteiger partial charge in [-0.25, -0.2) is 0 Å². The number of likely N-dealkylation sites (N-methyl/N-ethyl adjacent to an activating group) is 1. The highest BCUT2D eigenvalue weighted by Crippen LogP contribution is 2.26. The lowest BCUT2D eigenvalue weighted by Gasteiger charge is -2.23. The lowest BCUT2D eigenvalue weighted by atomic mass is 10.1. The van der Waals surface area contributed by atoms with E-state index in [-0.39, 0.29) is 6.61 Å². The number of halogens is 1. The summed E-state index contributed by atoms with van der Waals surface area (Å²) in [4.78, 5) is 2.08. The topological polar surface area (TPSA) is 35.5 Å². The van der Waals surface area contributed by atoms with Gasteiger partial charge >= 0.3 is 0 Å². The van der Waals surface area contributed by atoms with Crippen LogP contribution in [0.15, 0.2) is 18.2 Å². The van der Waals surface area contributed by atoms with Crippen molar-refractivity contribution in [3.8, 4) is 0 Å². The Balaban J connectivity index is 2.68. The van der Waals surface area contributed by atoms with Crippen molar-refractivity contribution in [2.75, 3.05) is 31.1 Å². The molecule has 2 N–H and O–H groups in total. The first kappa shape index (κ1) is 16.3. The molecule has 1 aromatic carbocycles. The van der Waals surface area contributed by atoms with Gasteiger partial charge in [0.2, 0.25) is 0 Å². The minimum atomic E-state index is 0.141. The molecule has 0 heterocycles. The second-order valence-electron chi connectivity index (χ2n) is 5.11. The van der Waals surface area contributed by atoms with Crippen LogP contribution in [-0.2, 0) is 6.54 Å². The predicted octanol–water partition coefficient (Wildman–Crippen LogP) is 2.90. The third kappa shape index (κ3) is 5.39. The zero-order valence-corrected chi connectivity index (χ0v) is 12.9. The number of aliphatic hydroxyl groups is 1. The van der Waals surface area contributed by atoms with Crippen molar-refractivity contribution in [2.24, 2.45) is 5.92 Å². The number of rotatable bonds is 8. The van der Waals surface area contributed by atoms with Gasteiger partial charge in [-0.2, -0.15) is 0 Å². The molecule has 0 spiro atoms. The number of hydrogen-bond acceptors (Lipinski definition) is 3. The molecule has 108 valence electrons. The summed E-state index contributed by atoms with van der Waals surface area (Å²) in [5.74, 6) is 0.648. The van der Waals surface area contributed by atoms with Crippen molar-refractivity contribution in [2.45, 2.75) is 27.3 Å². The van der Waals surface area contributed by atoms with Crippen LogP contribution in [0.1, 0.15) is 26.3 Å². The van der Waals surface area contributed by atoms with E-state index in [1.54, 1.807) is 0 Å². The molecule has 0 amide bonds. The maximum atomic E-state index is 9.05. The van der Waals surface area contributed by atoms with E-state index in [1.165, 1.54) is 5.56 Å². The molecule has 0 bridgehead atoms. The van der Waals surface area contributed by atoms with E-state index in [0.29, 0.717) is 12.5 Å². The Morgan fingerprint density at radius 2 is 2.11 bits per heavy atom. The fourth-order valence-corrected chi connectivity index (χ4v) is 2.31. The summed E-state index contributed by atoms with van der Waals surface area (Å²) in [6.45, 7) is 9.88. The number of aliphatic hydroxyl groups excluding tert-OH is 1. The molecule has 0 aliphatic heterocycles. The Morgan fingerprint density at radius 3 is 2.63 bits per heavy atom. The van der Waals surface area contributed by atoms with Gasteiger partial charge in [-0.15, -0.1) is 0 Å². The van der Waals surface area contributed by atoms with Crippen molar-refractivity contribution >= 4 is 17.3 Å². The van der Waals surface area contributed by atoms with Gasteiger partial charge in [0.05, 0.1) is 17.3 Å². The Morgan fingerprint density at radius 1 is 1.37 bits per heavy atom. The average molecular weight is 285 g/mol. The summed E-state index contributed by atoms with van der Waals surface area (Å²) >= 11 is 6.33. The zero-order valence-electron chi connectivity index (χ0n) is 12.1. The maximum Gasteiger partial charge on any atom is 0.0642 e. The van der Waals surface area contributed by atoms with Gasteiger partial charge in [-0.3, -0.25) is 0 Å². The lowest BCUT2D eigenvalue weighted by Crippen LogP contribution is -2.26.